The summed E-state index contributed by atoms with van der Waals surface area (Å²) < 4.78 is 9.98. The minimum absolute atomic E-state index is 0.180. The van der Waals surface area contributed by atoms with Gasteiger partial charge in [-0.1, -0.05) is 42.5 Å². The van der Waals surface area contributed by atoms with E-state index in [0.29, 0.717) is 0 Å². The van der Waals surface area contributed by atoms with Gasteiger partial charge in [0.15, 0.2) is 5.60 Å². The normalized spacial score (nSPS) is 28.0. The number of epoxide rings is 1. The molecule has 1 aromatic rings. The van der Waals surface area contributed by atoms with Crippen LogP contribution >= 0.6 is 0 Å². The van der Waals surface area contributed by atoms with Crippen LogP contribution in [0.2, 0.25) is 0 Å². The van der Waals surface area contributed by atoms with Crippen molar-refractivity contribution in [2.45, 2.75) is 18.6 Å². The van der Waals surface area contributed by atoms with Gasteiger partial charge >= 0.3 is 5.97 Å². The Balaban J connectivity index is 1.99. The van der Waals surface area contributed by atoms with Gasteiger partial charge in [0.1, 0.15) is 6.10 Å². The van der Waals surface area contributed by atoms with E-state index in [1.807, 2.05) is 42.5 Å². The number of benzene rings is 1. The topological polar surface area (TPSA) is 38.8 Å². The minimum Gasteiger partial charge on any atom is -0.467 e. The largest absolute Gasteiger partial charge is 0.467 e. The first-order valence-electron chi connectivity index (χ1n) is 5.16. The van der Waals surface area contributed by atoms with Crippen molar-refractivity contribution in [1.29, 1.82) is 0 Å². The number of hydrogen-bond acceptors (Lipinski definition) is 3. The van der Waals surface area contributed by atoms with Gasteiger partial charge in [-0.25, -0.2) is 4.79 Å². The molecular formula is C13H14O3. The smallest absolute Gasteiger partial charge is 0.340 e. The summed E-state index contributed by atoms with van der Waals surface area (Å²) in [7, 11) is 1.37. The Morgan fingerprint density at radius 1 is 1.44 bits per heavy atom. The van der Waals surface area contributed by atoms with E-state index in [1.165, 1.54) is 7.11 Å². The van der Waals surface area contributed by atoms with E-state index in [2.05, 4.69) is 4.74 Å². The predicted octanol–water partition coefficient (Wildman–Crippen LogP) is 2.03. The van der Waals surface area contributed by atoms with Crippen molar-refractivity contribution in [3.8, 4) is 0 Å². The van der Waals surface area contributed by atoms with Gasteiger partial charge in [-0.2, -0.15) is 0 Å². The second-order valence-electron chi connectivity index (χ2n) is 3.91. The van der Waals surface area contributed by atoms with E-state index < -0.39 is 5.60 Å². The second kappa shape index (κ2) is 4.10. The molecule has 0 aliphatic carbocycles. The number of ether oxygens (including phenoxy) is 2. The van der Waals surface area contributed by atoms with Crippen molar-refractivity contribution in [3.63, 3.8) is 0 Å². The molecule has 84 valence electrons. The lowest BCUT2D eigenvalue weighted by atomic mass is 10.1. The molecule has 0 bridgehead atoms. The quantitative estimate of drug-likeness (QED) is 0.575. The lowest BCUT2D eigenvalue weighted by Crippen LogP contribution is -2.24. The fourth-order valence-electron chi connectivity index (χ4n) is 1.58. The van der Waals surface area contributed by atoms with Gasteiger partial charge in [-0.15, -0.1) is 0 Å². The monoisotopic (exact) mass is 218 g/mol. The minimum atomic E-state index is -0.792. The van der Waals surface area contributed by atoms with Crippen molar-refractivity contribution >= 4 is 12.0 Å². The zero-order valence-electron chi connectivity index (χ0n) is 9.34. The summed E-state index contributed by atoms with van der Waals surface area (Å²) in [5, 5.41) is 0. The maximum atomic E-state index is 11.3. The van der Waals surface area contributed by atoms with E-state index in [4.69, 9.17) is 4.74 Å². The third kappa shape index (κ3) is 1.99. The SMILES string of the molecule is COC(=O)C1(C)OC1C=Cc1ccccc1. The highest BCUT2D eigenvalue weighted by Crippen LogP contribution is 2.38. The van der Waals surface area contributed by atoms with Gasteiger partial charge < -0.3 is 9.47 Å². The average Bonchev–Trinajstić information content (AvgIpc) is 2.99. The molecule has 2 atom stereocenters. The standard InChI is InChI=1S/C13H14O3/c1-13(12(14)15-2)11(16-13)9-8-10-6-4-3-5-7-10/h3-9,11H,1-2H3. The summed E-state index contributed by atoms with van der Waals surface area (Å²) in [5.41, 5.74) is 0.297. The molecule has 1 fully saturated rings. The maximum Gasteiger partial charge on any atom is 0.340 e. The summed E-state index contributed by atoms with van der Waals surface area (Å²) in [5.74, 6) is -0.324. The highest BCUT2D eigenvalue weighted by atomic mass is 16.7. The van der Waals surface area contributed by atoms with Crippen LogP contribution < -0.4 is 0 Å². The number of esters is 1. The van der Waals surface area contributed by atoms with Crippen LogP contribution in [0.4, 0.5) is 0 Å². The fourth-order valence-corrected chi connectivity index (χ4v) is 1.58. The van der Waals surface area contributed by atoms with Gasteiger partial charge in [-0.05, 0) is 12.5 Å². The summed E-state index contributed by atoms with van der Waals surface area (Å²) >= 11 is 0. The van der Waals surface area contributed by atoms with Crippen molar-refractivity contribution in [2.24, 2.45) is 0 Å². The number of carbonyl (C=O) groups excluding carboxylic acids is 1. The van der Waals surface area contributed by atoms with E-state index >= 15 is 0 Å². The molecule has 0 saturated carbocycles. The lowest BCUT2D eigenvalue weighted by molar-refractivity contribution is -0.146. The Kier molecular flexibility index (Phi) is 2.79. The Labute approximate surface area is 94.7 Å². The van der Waals surface area contributed by atoms with Crippen LogP contribution in [-0.2, 0) is 14.3 Å². The molecule has 1 aliphatic heterocycles. The van der Waals surface area contributed by atoms with E-state index in [9.17, 15) is 4.79 Å². The molecule has 16 heavy (non-hydrogen) atoms. The summed E-state index contributed by atoms with van der Waals surface area (Å²) in [4.78, 5) is 11.3. The summed E-state index contributed by atoms with van der Waals surface area (Å²) in [6, 6.07) is 9.88. The zero-order chi connectivity index (χ0) is 11.6. The number of methoxy groups -OCH3 is 1. The van der Waals surface area contributed by atoms with Crippen molar-refractivity contribution in [1.82, 2.24) is 0 Å². The Bertz CT molecular complexity index is 410. The van der Waals surface area contributed by atoms with Crippen LogP contribution in [0.15, 0.2) is 36.4 Å². The Hall–Kier alpha value is -1.61. The van der Waals surface area contributed by atoms with Crippen molar-refractivity contribution < 1.29 is 14.3 Å². The first-order chi connectivity index (χ1) is 7.66. The van der Waals surface area contributed by atoms with E-state index in [0.717, 1.165) is 5.56 Å². The third-order valence-electron chi connectivity index (χ3n) is 2.71. The average molecular weight is 218 g/mol. The first-order valence-corrected chi connectivity index (χ1v) is 5.16. The van der Waals surface area contributed by atoms with Gasteiger partial charge in [0.25, 0.3) is 0 Å². The molecule has 0 aromatic heterocycles. The predicted molar refractivity (Wildman–Crippen MR) is 60.8 cm³/mol. The van der Waals surface area contributed by atoms with Crippen LogP contribution in [-0.4, -0.2) is 24.8 Å². The summed E-state index contributed by atoms with van der Waals surface area (Å²) in [6.07, 6.45) is 3.64. The summed E-state index contributed by atoms with van der Waals surface area (Å²) in [6.45, 7) is 1.73. The van der Waals surface area contributed by atoms with Crippen LogP contribution in [0, 0.1) is 0 Å². The van der Waals surface area contributed by atoms with Crippen LogP contribution in [0.1, 0.15) is 12.5 Å². The highest BCUT2D eigenvalue weighted by molar-refractivity contribution is 5.83. The van der Waals surface area contributed by atoms with Gasteiger partial charge in [0, 0.05) is 0 Å². The molecule has 1 aromatic carbocycles. The third-order valence-corrected chi connectivity index (χ3v) is 2.71. The van der Waals surface area contributed by atoms with Crippen molar-refractivity contribution in [2.75, 3.05) is 7.11 Å². The molecule has 3 heteroatoms. The van der Waals surface area contributed by atoms with Crippen LogP contribution in [0.3, 0.4) is 0 Å². The van der Waals surface area contributed by atoms with Gasteiger partial charge in [-0.3, -0.25) is 0 Å². The molecule has 1 saturated heterocycles. The number of carbonyl (C=O) groups is 1. The van der Waals surface area contributed by atoms with Crippen LogP contribution in [0.25, 0.3) is 6.08 Å². The first kappa shape index (κ1) is 10.9. The lowest BCUT2D eigenvalue weighted by Gasteiger charge is -2.00. The molecule has 0 amide bonds. The molecule has 2 unspecified atom stereocenters. The molecule has 0 spiro atoms. The van der Waals surface area contributed by atoms with E-state index in [-0.39, 0.29) is 12.1 Å². The molecule has 0 radical (unpaired) electrons. The van der Waals surface area contributed by atoms with Crippen molar-refractivity contribution in [3.05, 3.63) is 42.0 Å². The van der Waals surface area contributed by atoms with Crippen LogP contribution in [0.5, 0.6) is 0 Å². The second-order valence-corrected chi connectivity index (χ2v) is 3.91. The van der Waals surface area contributed by atoms with Gasteiger partial charge in [0.05, 0.1) is 7.11 Å². The molecular weight excluding hydrogens is 204 g/mol. The highest BCUT2D eigenvalue weighted by Gasteiger charge is 2.58. The molecule has 1 aliphatic rings. The zero-order valence-corrected chi connectivity index (χ0v) is 9.34. The number of hydrogen-bond donors (Lipinski definition) is 0. The molecule has 1 heterocycles. The molecule has 2 rings (SSSR count). The van der Waals surface area contributed by atoms with E-state index in [1.54, 1.807) is 6.92 Å². The van der Waals surface area contributed by atoms with Gasteiger partial charge in [0.2, 0.25) is 0 Å². The fraction of sp³-hybridized carbons (Fsp3) is 0.308. The Morgan fingerprint density at radius 2 is 2.12 bits per heavy atom. The Morgan fingerprint density at radius 3 is 2.75 bits per heavy atom. The molecule has 3 nitrogen and oxygen atoms in total. The maximum absolute atomic E-state index is 11.3. The molecule has 0 N–H and O–H groups in total. The number of rotatable bonds is 3.